The van der Waals surface area contributed by atoms with Crippen LogP contribution in [0.2, 0.25) is 0 Å². The van der Waals surface area contributed by atoms with Gasteiger partial charge in [-0.2, -0.15) is 0 Å². The van der Waals surface area contributed by atoms with Gasteiger partial charge in [0.1, 0.15) is 0 Å². The zero-order chi connectivity index (χ0) is 0. The Labute approximate surface area is 155 Å². The first kappa shape index (κ1) is 22.8. The minimum absolute atomic E-state index is 0. The van der Waals surface area contributed by atoms with Crippen molar-refractivity contribution in [2.45, 2.75) is 0 Å². The monoisotopic (exact) mass is 462 g/mol. The summed E-state index contributed by atoms with van der Waals surface area (Å²) < 4.78 is 0. The zero-order valence-corrected chi connectivity index (χ0v) is 7.95. The Bertz CT molecular complexity index is 8.00. The van der Waals surface area contributed by atoms with Gasteiger partial charge in [-0.1, -0.05) is 0 Å². The molecule has 4 heavy (non-hydrogen) atoms. The van der Waals surface area contributed by atoms with Crippen molar-refractivity contribution in [3.8, 4) is 0 Å². The molecule has 0 aromatic rings. The van der Waals surface area contributed by atoms with E-state index in [0.717, 1.165) is 0 Å². The van der Waals surface area contributed by atoms with Gasteiger partial charge in [0.2, 0.25) is 0 Å². The van der Waals surface area contributed by atoms with Crippen LogP contribution in [-0.4, -0.2) is 51.4 Å². The van der Waals surface area contributed by atoms with E-state index in [4.69, 9.17) is 0 Å². The summed E-state index contributed by atoms with van der Waals surface area (Å²) in [5.74, 6) is 0. The molecule has 0 spiro atoms. The van der Waals surface area contributed by atoms with Crippen LogP contribution in [0.3, 0.4) is 0 Å². The molecule has 0 rings (SSSR count). The average molecular weight is 461 g/mol. The molecule has 0 saturated heterocycles. The van der Waals surface area contributed by atoms with Crippen LogP contribution in [0.4, 0.5) is 0 Å². The van der Waals surface area contributed by atoms with Gasteiger partial charge >= 0.3 is 51.4 Å². The van der Waals surface area contributed by atoms with Crippen LogP contribution in [0.5, 0.6) is 0 Å². The number of hydrogen-bond donors (Lipinski definition) is 0. The van der Waals surface area contributed by atoms with Crippen LogP contribution < -0.4 is 0 Å². The summed E-state index contributed by atoms with van der Waals surface area (Å²) in [6, 6.07) is 0. The van der Waals surface area contributed by atoms with Crippen molar-refractivity contribution in [3.05, 3.63) is 0 Å². The predicted molar refractivity (Wildman–Crippen MR) is 7.15 cm³/mol. The second kappa shape index (κ2) is 15.7. The van der Waals surface area contributed by atoms with Gasteiger partial charge < -0.3 is 0 Å². The van der Waals surface area contributed by atoms with E-state index in [2.05, 4.69) is 0 Å². The van der Waals surface area contributed by atoms with E-state index in [0.29, 0.717) is 0 Å². The first-order chi connectivity index (χ1) is 0. The minimum atomic E-state index is 0. The van der Waals surface area contributed by atoms with E-state index in [9.17, 15) is 0 Å². The van der Waals surface area contributed by atoms with Crippen LogP contribution in [0.25, 0.3) is 0 Å². The fraction of sp³-hybridized carbons (Fsp3) is 0. The van der Waals surface area contributed by atoms with Gasteiger partial charge in [-0.25, -0.2) is 0 Å². The second-order valence-electron chi connectivity index (χ2n) is 0. The molecule has 0 aromatic heterocycles. The summed E-state index contributed by atoms with van der Waals surface area (Å²) >= 11 is 0. The Morgan fingerprint density at radius 2 is 1.00 bits per heavy atom. The summed E-state index contributed by atoms with van der Waals surface area (Å²) in [5.41, 5.74) is 0. The minimum Gasteiger partial charge on any atom is 0 e. The molecule has 0 saturated carbocycles. The topological polar surface area (TPSA) is 0 Å². The van der Waals surface area contributed by atoms with Crippen molar-refractivity contribution in [3.63, 3.8) is 0 Å². The van der Waals surface area contributed by atoms with Crippen molar-refractivity contribution in [2.24, 2.45) is 0 Å². The molecule has 0 heterocycles. The smallest absolute Gasteiger partial charge is 0 e. The largest absolute Gasteiger partial charge is 0 e. The molecule has 0 aliphatic rings. The van der Waals surface area contributed by atoms with E-state index in [1.807, 2.05) is 0 Å². The van der Waals surface area contributed by atoms with Crippen molar-refractivity contribution >= 4 is 51.4 Å². The van der Waals surface area contributed by atoms with Crippen LogP contribution in [-0.2, 0) is 32.7 Å². The fourth-order valence-electron chi connectivity index (χ4n) is 0. The van der Waals surface area contributed by atoms with Crippen LogP contribution in [0, 0.1) is 76.8 Å². The van der Waals surface area contributed by atoms with Crippen molar-refractivity contribution in [1.29, 1.82) is 0 Å². The molecular formula is HGdKLuY. The van der Waals surface area contributed by atoms with Crippen molar-refractivity contribution < 1.29 is 110 Å². The molecule has 0 aromatic carbocycles. The average Bonchev–Trinajstić information content (AvgIpc) is 0. The molecular weight excluding hydrogens is 460 g/mol. The molecule has 4 heteroatoms. The van der Waals surface area contributed by atoms with E-state index >= 15 is 0 Å². The number of hydrogen-bond acceptors (Lipinski definition) is 0. The third-order valence-electron chi connectivity index (χ3n) is 0. The molecule has 0 aliphatic carbocycles. The third kappa shape index (κ3) is 10.3. The standard InChI is InChI=1S/Gd.K.Lu.Y.H. The van der Waals surface area contributed by atoms with E-state index in [-0.39, 0.29) is 161 Å². The molecule has 0 N–H and O–H groups in total. The quantitative estimate of drug-likeness (QED) is 0.421. The van der Waals surface area contributed by atoms with Gasteiger partial charge in [0.15, 0.2) is 0 Å². The van der Waals surface area contributed by atoms with Gasteiger partial charge in [-0.05, 0) is 0 Å². The summed E-state index contributed by atoms with van der Waals surface area (Å²) in [6.07, 6.45) is 0. The Hall–Kier alpha value is 5.30. The van der Waals surface area contributed by atoms with Gasteiger partial charge in [-0.15, -0.1) is 0 Å². The first-order valence-corrected chi connectivity index (χ1v) is 0. The molecule has 0 fully saturated rings. The molecule has 0 atom stereocenters. The molecule has 0 amide bonds. The summed E-state index contributed by atoms with van der Waals surface area (Å²) in [5, 5.41) is 0. The van der Waals surface area contributed by atoms with Gasteiger partial charge in [0, 0.05) is 110 Å². The van der Waals surface area contributed by atoms with Gasteiger partial charge in [0.05, 0.1) is 0 Å². The molecule has 0 bridgehead atoms. The van der Waals surface area contributed by atoms with Crippen LogP contribution in [0.1, 0.15) is 0 Å². The second-order valence-corrected chi connectivity index (χ2v) is 0. The van der Waals surface area contributed by atoms with Crippen LogP contribution >= 0.6 is 0 Å². The Balaban J connectivity index is 0. The fourth-order valence-corrected chi connectivity index (χ4v) is 0. The van der Waals surface area contributed by atoms with Gasteiger partial charge in [-0.3, -0.25) is 0 Å². The van der Waals surface area contributed by atoms with Gasteiger partial charge in [0.25, 0.3) is 0 Å². The van der Waals surface area contributed by atoms with Crippen LogP contribution in [0.15, 0.2) is 0 Å². The van der Waals surface area contributed by atoms with Crippen molar-refractivity contribution in [2.75, 3.05) is 0 Å². The normalized spacial score (nSPS) is 0. The SMILES string of the molecule is [Gd].[KH].[Lu].[Y]. The summed E-state index contributed by atoms with van der Waals surface area (Å²) in [7, 11) is 0. The zero-order valence-electron chi connectivity index (χ0n) is 1.19. The molecule has 2 radical (unpaired) electrons. The maximum absolute atomic E-state index is 0. The maximum Gasteiger partial charge on any atom is 0 e. The van der Waals surface area contributed by atoms with Crippen molar-refractivity contribution in [1.82, 2.24) is 0 Å². The Kier molecular flexibility index (Phi) is 89.8. The maximum atomic E-state index is 0. The Morgan fingerprint density at radius 1 is 1.00 bits per heavy atom. The summed E-state index contributed by atoms with van der Waals surface area (Å²) in [6.45, 7) is 0. The molecule has 0 nitrogen and oxygen atoms in total. The number of rotatable bonds is 0. The molecule has 0 unspecified atom stereocenters. The summed E-state index contributed by atoms with van der Waals surface area (Å²) in [4.78, 5) is 0. The third-order valence-corrected chi connectivity index (χ3v) is 0. The molecule has 0 aliphatic heterocycles. The van der Waals surface area contributed by atoms with E-state index in [1.165, 1.54) is 0 Å². The van der Waals surface area contributed by atoms with E-state index < -0.39 is 0 Å². The van der Waals surface area contributed by atoms with E-state index in [1.54, 1.807) is 0 Å². The predicted octanol–water partition coefficient (Wildman–Crippen LogP) is -0.651. The Morgan fingerprint density at radius 3 is 1.00 bits per heavy atom. The first-order valence-electron chi connectivity index (χ1n) is 0. The molecule has 28 valence electrons.